The molecule has 0 aliphatic heterocycles. The summed E-state index contributed by atoms with van der Waals surface area (Å²) in [6.45, 7) is 7.10. The molecule has 1 rings (SSSR count). The molecule has 7 heteroatoms. The summed E-state index contributed by atoms with van der Waals surface area (Å²) in [5.74, 6) is -3.22. The van der Waals surface area contributed by atoms with Crippen molar-refractivity contribution in [2.75, 3.05) is 6.61 Å². The van der Waals surface area contributed by atoms with Gasteiger partial charge in [0.1, 0.15) is 5.60 Å². The van der Waals surface area contributed by atoms with Crippen molar-refractivity contribution in [1.82, 2.24) is 5.32 Å². The first kappa shape index (κ1) is 19.0. The van der Waals surface area contributed by atoms with Gasteiger partial charge in [0.2, 0.25) is 0 Å². The topological polar surface area (TPSA) is 102 Å². The number of nitrogens with one attached hydrogen (secondary N) is 1. The average Bonchev–Trinajstić information content (AvgIpc) is 2.80. The summed E-state index contributed by atoms with van der Waals surface area (Å²) in [6.07, 6.45) is 3.77. The van der Waals surface area contributed by atoms with Gasteiger partial charge in [-0.15, -0.1) is 0 Å². The van der Waals surface area contributed by atoms with Gasteiger partial charge in [0.05, 0.1) is 12.6 Å². The molecule has 2 N–H and O–H groups in total. The molecule has 0 saturated carbocycles. The molecule has 23 heavy (non-hydrogen) atoms. The van der Waals surface area contributed by atoms with Crippen molar-refractivity contribution in [3.05, 3.63) is 12.2 Å². The lowest BCUT2D eigenvalue weighted by Gasteiger charge is -2.22. The number of allylic oxidation sites excluding steroid dienone is 1. The van der Waals surface area contributed by atoms with E-state index in [1.165, 1.54) is 0 Å². The summed E-state index contributed by atoms with van der Waals surface area (Å²) in [6, 6.07) is -0.230. The van der Waals surface area contributed by atoms with Gasteiger partial charge in [0.25, 0.3) is 0 Å². The SMILES string of the molecule is CCOC(=O)C(C[C@@H]1C=C[C@H](NC(=O)OC(C)(C)C)C1)C(=O)O. The Kier molecular flexibility index (Phi) is 6.60. The molecule has 0 fully saturated rings. The van der Waals surface area contributed by atoms with E-state index in [0.717, 1.165) is 0 Å². The number of amides is 1. The number of carboxylic acid groups (broad SMARTS) is 1. The lowest BCUT2D eigenvalue weighted by atomic mass is 9.93. The van der Waals surface area contributed by atoms with Gasteiger partial charge in [-0.25, -0.2) is 4.79 Å². The molecule has 0 aromatic carbocycles. The zero-order valence-corrected chi connectivity index (χ0v) is 14.0. The maximum absolute atomic E-state index is 11.7. The quantitative estimate of drug-likeness (QED) is 0.440. The molecule has 0 aromatic rings. The smallest absolute Gasteiger partial charge is 0.408 e. The number of hydrogen-bond donors (Lipinski definition) is 2. The first-order valence-corrected chi connectivity index (χ1v) is 7.69. The molecule has 130 valence electrons. The Labute approximate surface area is 136 Å². The fraction of sp³-hybridized carbons (Fsp3) is 0.688. The summed E-state index contributed by atoms with van der Waals surface area (Å²) in [4.78, 5) is 34.6. The summed E-state index contributed by atoms with van der Waals surface area (Å²) in [7, 11) is 0. The molecule has 0 aromatic heterocycles. The van der Waals surface area contributed by atoms with E-state index < -0.39 is 29.6 Å². The van der Waals surface area contributed by atoms with E-state index >= 15 is 0 Å². The number of alkyl carbamates (subject to hydrolysis) is 1. The van der Waals surface area contributed by atoms with Crippen LogP contribution >= 0.6 is 0 Å². The predicted octanol–water partition coefficient (Wildman–Crippen LogP) is 2.11. The van der Waals surface area contributed by atoms with Crippen molar-refractivity contribution < 1.29 is 29.0 Å². The van der Waals surface area contributed by atoms with Crippen LogP contribution in [0.2, 0.25) is 0 Å². The van der Waals surface area contributed by atoms with Crippen LogP contribution in [0.1, 0.15) is 40.5 Å². The molecule has 0 spiro atoms. The predicted molar refractivity (Wildman–Crippen MR) is 82.8 cm³/mol. The maximum atomic E-state index is 11.7. The van der Waals surface area contributed by atoms with E-state index in [9.17, 15) is 14.4 Å². The number of aliphatic carboxylic acids is 1. The molecular weight excluding hydrogens is 302 g/mol. The van der Waals surface area contributed by atoms with Crippen LogP contribution < -0.4 is 5.32 Å². The number of hydrogen-bond acceptors (Lipinski definition) is 5. The van der Waals surface area contributed by atoms with Crippen molar-refractivity contribution in [3.63, 3.8) is 0 Å². The van der Waals surface area contributed by atoms with Crippen molar-refractivity contribution >= 4 is 18.0 Å². The normalized spacial score (nSPS) is 21.6. The highest BCUT2D eigenvalue weighted by Crippen LogP contribution is 2.26. The molecular formula is C16H25NO6. The largest absolute Gasteiger partial charge is 0.481 e. The third kappa shape index (κ3) is 6.71. The number of carbonyl (C=O) groups is 3. The van der Waals surface area contributed by atoms with Crippen LogP contribution in [0, 0.1) is 11.8 Å². The van der Waals surface area contributed by atoms with Crippen molar-refractivity contribution in [3.8, 4) is 0 Å². The minimum Gasteiger partial charge on any atom is -0.481 e. The molecule has 0 saturated heterocycles. The van der Waals surface area contributed by atoms with Crippen LogP contribution in [0.25, 0.3) is 0 Å². The van der Waals surface area contributed by atoms with Crippen molar-refractivity contribution in [2.45, 2.75) is 52.2 Å². The van der Waals surface area contributed by atoms with Gasteiger partial charge < -0.3 is 19.9 Å². The number of esters is 1. The third-order valence-corrected chi connectivity index (χ3v) is 3.28. The molecule has 0 bridgehead atoms. The highest BCUT2D eigenvalue weighted by Gasteiger charge is 2.32. The first-order valence-electron chi connectivity index (χ1n) is 7.69. The monoisotopic (exact) mass is 327 g/mol. The number of carboxylic acids is 1. The lowest BCUT2D eigenvalue weighted by Crippen LogP contribution is -2.38. The number of ether oxygens (including phenoxy) is 2. The molecule has 1 amide bonds. The minimum atomic E-state index is -1.19. The van der Waals surface area contributed by atoms with E-state index in [1.54, 1.807) is 33.8 Å². The van der Waals surface area contributed by atoms with Crippen LogP contribution in [-0.2, 0) is 19.1 Å². The van der Waals surface area contributed by atoms with Gasteiger partial charge in [0, 0.05) is 0 Å². The number of carbonyl (C=O) groups excluding carboxylic acids is 2. The lowest BCUT2D eigenvalue weighted by molar-refractivity contribution is -0.159. The van der Waals surface area contributed by atoms with Gasteiger partial charge in [-0.05, 0) is 46.5 Å². The van der Waals surface area contributed by atoms with E-state index in [0.29, 0.717) is 6.42 Å². The molecule has 3 atom stereocenters. The summed E-state index contributed by atoms with van der Waals surface area (Å²) in [5, 5.41) is 11.9. The van der Waals surface area contributed by atoms with Gasteiger partial charge in [-0.2, -0.15) is 0 Å². The average molecular weight is 327 g/mol. The Morgan fingerprint density at radius 2 is 1.96 bits per heavy atom. The second-order valence-corrected chi connectivity index (χ2v) is 6.51. The molecule has 0 heterocycles. The highest BCUT2D eigenvalue weighted by atomic mass is 16.6. The van der Waals surface area contributed by atoms with E-state index in [-0.39, 0.29) is 25.0 Å². The Hall–Kier alpha value is -2.05. The standard InChI is InChI=1S/C16H25NO6/c1-5-22-14(20)12(13(18)19)9-10-6-7-11(8-10)17-15(21)23-16(2,3)4/h6-7,10-12H,5,8-9H2,1-4H3,(H,17,21)(H,18,19)/t10-,11+,12?/m1/s1. The highest BCUT2D eigenvalue weighted by molar-refractivity contribution is 5.93. The van der Waals surface area contributed by atoms with Crippen molar-refractivity contribution in [1.29, 1.82) is 0 Å². The van der Waals surface area contributed by atoms with Gasteiger partial charge in [-0.1, -0.05) is 12.2 Å². The summed E-state index contributed by atoms with van der Waals surface area (Å²) in [5.41, 5.74) is -0.579. The van der Waals surface area contributed by atoms with Gasteiger partial charge in [-0.3, -0.25) is 9.59 Å². The second-order valence-electron chi connectivity index (χ2n) is 6.51. The Morgan fingerprint density at radius 1 is 1.30 bits per heavy atom. The Morgan fingerprint density at radius 3 is 2.48 bits per heavy atom. The second kappa shape index (κ2) is 7.99. The van der Waals surface area contributed by atoms with E-state index in [4.69, 9.17) is 14.6 Å². The van der Waals surface area contributed by atoms with E-state index in [2.05, 4.69) is 5.32 Å². The van der Waals surface area contributed by atoms with Gasteiger partial charge >= 0.3 is 18.0 Å². The van der Waals surface area contributed by atoms with Crippen LogP contribution in [0.3, 0.4) is 0 Å². The fourth-order valence-electron chi connectivity index (χ4n) is 2.36. The Balaban J connectivity index is 2.50. The van der Waals surface area contributed by atoms with Crippen LogP contribution in [0.5, 0.6) is 0 Å². The third-order valence-electron chi connectivity index (χ3n) is 3.28. The summed E-state index contributed by atoms with van der Waals surface area (Å²) >= 11 is 0. The molecule has 1 unspecified atom stereocenters. The molecule has 7 nitrogen and oxygen atoms in total. The molecule has 1 aliphatic carbocycles. The molecule has 1 aliphatic rings. The van der Waals surface area contributed by atoms with Crippen LogP contribution in [-0.4, -0.2) is 41.4 Å². The zero-order valence-electron chi connectivity index (χ0n) is 14.0. The molecule has 0 radical (unpaired) electrons. The maximum Gasteiger partial charge on any atom is 0.408 e. The first-order chi connectivity index (χ1) is 10.6. The van der Waals surface area contributed by atoms with E-state index in [1.807, 2.05) is 6.08 Å². The van der Waals surface area contributed by atoms with Crippen LogP contribution in [0.4, 0.5) is 4.79 Å². The zero-order chi connectivity index (χ0) is 17.6. The Bertz CT molecular complexity index is 479. The number of rotatable bonds is 6. The fourth-order valence-corrected chi connectivity index (χ4v) is 2.36. The minimum absolute atomic E-state index is 0.111. The van der Waals surface area contributed by atoms with Crippen molar-refractivity contribution in [2.24, 2.45) is 11.8 Å². The van der Waals surface area contributed by atoms with Gasteiger partial charge in [0.15, 0.2) is 5.92 Å². The van der Waals surface area contributed by atoms with Crippen LogP contribution in [0.15, 0.2) is 12.2 Å². The summed E-state index contributed by atoms with van der Waals surface area (Å²) < 4.78 is 9.96.